The fraction of sp³-hybridized carbons (Fsp3) is 0.357. The van der Waals surface area contributed by atoms with Crippen LogP contribution in [0, 0.1) is 22.0 Å². The molecule has 0 N–H and O–H groups in total. The number of esters is 1. The molecule has 1 heterocycles. The maximum Gasteiger partial charge on any atom is 0.338 e. The summed E-state index contributed by atoms with van der Waals surface area (Å²) >= 11 is 0. The van der Waals surface area contributed by atoms with Crippen molar-refractivity contribution in [3.05, 3.63) is 76.3 Å². The summed E-state index contributed by atoms with van der Waals surface area (Å²) in [6.45, 7) is 7.51. The molecule has 0 unspecified atom stereocenters. The quantitative estimate of drug-likeness (QED) is 0.249. The molecule has 188 valence electrons. The van der Waals surface area contributed by atoms with Gasteiger partial charge in [-0.2, -0.15) is 0 Å². The molecule has 3 aromatic carbocycles. The lowest BCUT2D eigenvalue weighted by molar-refractivity contribution is -0.384. The van der Waals surface area contributed by atoms with Crippen molar-refractivity contribution < 1.29 is 19.2 Å². The minimum absolute atomic E-state index is 0.0459. The number of rotatable bonds is 7. The lowest BCUT2D eigenvalue weighted by atomic mass is 9.91. The number of piperidine rings is 1. The van der Waals surface area contributed by atoms with E-state index < -0.39 is 17.5 Å². The van der Waals surface area contributed by atoms with Gasteiger partial charge in [-0.15, -0.1) is 0 Å². The first-order chi connectivity index (χ1) is 17.3. The molecule has 1 aliphatic heterocycles. The molecular weight excluding hydrogens is 458 g/mol. The number of hydrogen-bond donors (Lipinski definition) is 0. The molecule has 1 saturated heterocycles. The number of nitro benzene ring substituents is 1. The van der Waals surface area contributed by atoms with Gasteiger partial charge in [0.1, 0.15) is 5.69 Å². The van der Waals surface area contributed by atoms with E-state index in [4.69, 9.17) is 4.74 Å². The predicted octanol–water partition coefficient (Wildman–Crippen LogP) is 5.44. The van der Waals surface area contributed by atoms with Gasteiger partial charge < -0.3 is 14.5 Å². The van der Waals surface area contributed by atoms with Gasteiger partial charge >= 0.3 is 5.97 Å². The lowest BCUT2D eigenvalue weighted by Gasteiger charge is -2.36. The largest absolute Gasteiger partial charge is 0.452 e. The Morgan fingerprint density at radius 1 is 1.06 bits per heavy atom. The molecule has 2 atom stereocenters. The first-order valence-electron chi connectivity index (χ1n) is 12.3. The number of amides is 1. The molecule has 1 aliphatic rings. The van der Waals surface area contributed by atoms with E-state index in [1.54, 1.807) is 11.0 Å². The van der Waals surface area contributed by atoms with E-state index in [0.717, 1.165) is 36.0 Å². The van der Waals surface area contributed by atoms with E-state index in [1.165, 1.54) is 12.1 Å². The summed E-state index contributed by atoms with van der Waals surface area (Å²) in [5.74, 6) is -0.295. The fourth-order valence-electron chi connectivity index (χ4n) is 5.14. The minimum Gasteiger partial charge on any atom is -0.452 e. The van der Waals surface area contributed by atoms with Crippen LogP contribution >= 0.6 is 0 Å². The average Bonchev–Trinajstić information content (AvgIpc) is 2.87. The maximum atomic E-state index is 13.0. The Hall–Kier alpha value is -3.94. The Morgan fingerprint density at radius 2 is 1.75 bits per heavy atom. The fourth-order valence-corrected chi connectivity index (χ4v) is 5.14. The number of nitrogens with zero attached hydrogens (tertiary/aromatic N) is 3. The Morgan fingerprint density at radius 3 is 2.44 bits per heavy atom. The highest BCUT2D eigenvalue weighted by Crippen LogP contribution is 2.34. The van der Waals surface area contributed by atoms with Crippen molar-refractivity contribution in [2.24, 2.45) is 11.8 Å². The van der Waals surface area contributed by atoms with Gasteiger partial charge in [0.25, 0.3) is 11.6 Å². The van der Waals surface area contributed by atoms with Crippen molar-refractivity contribution >= 4 is 39.7 Å². The normalized spacial score (nSPS) is 17.6. The van der Waals surface area contributed by atoms with Crippen LogP contribution in [-0.2, 0) is 9.53 Å². The van der Waals surface area contributed by atoms with Crippen LogP contribution in [0.1, 0.15) is 37.6 Å². The summed E-state index contributed by atoms with van der Waals surface area (Å²) in [4.78, 5) is 40.7. The second kappa shape index (κ2) is 10.8. The van der Waals surface area contributed by atoms with Crippen molar-refractivity contribution in [2.75, 3.05) is 36.0 Å². The molecule has 0 aromatic heterocycles. The monoisotopic (exact) mass is 489 g/mol. The van der Waals surface area contributed by atoms with E-state index >= 15 is 0 Å². The number of ether oxygens (including phenoxy) is 1. The van der Waals surface area contributed by atoms with Gasteiger partial charge in [-0.05, 0) is 48.8 Å². The third-order valence-electron chi connectivity index (χ3n) is 6.62. The number of fused-ring (bicyclic) bond motifs is 1. The second-order valence-electron chi connectivity index (χ2n) is 9.52. The number of benzene rings is 3. The number of hydrogen-bond acceptors (Lipinski definition) is 6. The first kappa shape index (κ1) is 25.2. The average molecular weight is 490 g/mol. The second-order valence-corrected chi connectivity index (χ2v) is 9.52. The summed E-state index contributed by atoms with van der Waals surface area (Å²) in [6, 6.07) is 17.8. The van der Waals surface area contributed by atoms with Gasteiger partial charge in [0.15, 0.2) is 6.61 Å². The van der Waals surface area contributed by atoms with Crippen LogP contribution < -0.4 is 9.80 Å². The van der Waals surface area contributed by atoms with Crippen molar-refractivity contribution in [3.63, 3.8) is 0 Å². The molecule has 0 spiro atoms. The Labute approximate surface area is 210 Å². The molecule has 8 nitrogen and oxygen atoms in total. The zero-order valence-electron chi connectivity index (χ0n) is 20.8. The topological polar surface area (TPSA) is 93.0 Å². The number of likely N-dealkylation sites (N-methyl/N-ethyl adjacent to an activating group) is 1. The smallest absolute Gasteiger partial charge is 0.338 e. The van der Waals surface area contributed by atoms with Crippen LogP contribution in [0.2, 0.25) is 0 Å². The zero-order chi connectivity index (χ0) is 25.8. The Kier molecular flexibility index (Phi) is 7.52. The Balaban J connectivity index is 1.49. The van der Waals surface area contributed by atoms with Gasteiger partial charge in [0, 0.05) is 31.1 Å². The van der Waals surface area contributed by atoms with Crippen LogP contribution in [-0.4, -0.2) is 43.0 Å². The summed E-state index contributed by atoms with van der Waals surface area (Å²) < 4.78 is 5.29. The molecule has 36 heavy (non-hydrogen) atoms. The summed E-state index contributed by atoms with van der Waals surface area (Å²) in [5, 5.41) is 13.8. The van der Waals surface area contributed by atoms with E-state index in [1.807, 2.05) is 54.3 Å². The van der Waals surface area contributed by atoms with E-state index in [0.29, 0.717) is 24.1 Å². The molecule has 1 amide bonds. The van der Waals surface area contributed by atoms with Crippen LogP contribution in [0.5, 0.6) is 0 Å². The van der Waals surface area contributed by atoms with Crippen molar-refractivity contribution in [1.29, 1.82) is 0 Å². The van der Waals surface area contributed by atoms with Gasteiger partial charge in [-0.3, -0.25) is 14.9 Å². The zero-order valence-corrected chi connectivity index (χ0v) is 20.8. The summed E-state index contributed by atoms with van der Waals surface area (Å²) in [7, 11) is 0. The number of nitro groups is 1. The Bertz CT molecular complexity index is 1280. The van der Waals surface area contributed by atoms with E-state index in [2.05, 4.69) is 13.8 Å². The van der Waals surface area contributed by atoms with Gasteiger partial charge in [0.2, 0.25) is 0 Å². The van der Waals surface area contributed by atoms with E-state index in [-0.39, 0.29) is 17.2 Å². The van der Waals surface area contributed by atoms with E-state index in [9.17, 15) is 19.7 Å². The lowest BCUT2D eigenvalue weighted by Crippen LogP contribution is -2.39. The van der Waals surface area contributed by atoms with Crippen molar-refractivity contribution in [2.45, 2.75) is 27.2 Å². The predicted molar refractivity (Wildman–Crippen MR) is 141 cm³/mol. The molecule has 8 heteroatoms. The number of carbonyl (C=O) groups is 2. The van der Waals surface area contributed by atoms with Crippen LogP contribution in [0.4, 0.5) is 17.1 Å². The standard InChI is InChI=1S/C28H31N3O5/c1-4-30(24-11-7-9-21-8-5-6-10-23(21)24)27(32)18-36-28(33)22-12-13-25(26(15-22)31(34)35)29-16-19(2)14-20(3)17-29/h5-13,15,19-20H,4,14,16-18H2,1-3H3/t19-,20+. The molecule has 1 fully saturated rings. The van der Waals surface area contributed by atoms with Gasteiger partial charge in [-0.1, -0.05) is 50.2 Å². The minimum atomic E-state index is -0.771. The van der Waals surface area contributed by atoms with Crippen molar-refractivity contribution in [3.8, 4) is 0 Å². The third kappa shape index (κ3) is 5.32. The van der Waals surface area contributed by atoms with Crippen molar-refractivity contribution in [1.82, 2.24) is 0 Å². The maximum absolute atomic E-state index is 13.0. The summed E-state index contributed by atoms with van der Waals surface area (Å²) in [5.41, 5.74) is 1.15. The molecule has 4 rings (SSSR count). The molecular formula is C28H31N3O5. The highest BCUT2D eigenvalue weighted by atomic mass is 16.6. The molecule has 0 aliphatic carbocycles. The molecule has 0 saturated carbocycles. The van der Waals surface area contributed by atoms with Crippen LogP contribution in [0.3, 0.4) is 0 Å². The van der Waals surface area contributed by atoms with Crippen LogP contribution in [0.25, 0.3) is 10.8 Å². The molecule has 3 aromatic rings. The van der Waals surface area contributed by atoms with Crippen LogP contribution in [0.15, 0.2) is 60.7 Å². The summed E-state index contributed by atoms with van der Waals surface area (Å²) in [6.07, 6.45) is 1.08. The molecule has 0 bridgehead atoms. The number of anilines is 2. The third-order valence-corrected chi connectivity index (χ3v) is 6.62. The SMILES string of the molecule is CCN(C(=O)COC(=O)c1ccc(N2C[C@H](C)C[C@H](C)C2)c([N+](=O)[O-])c1)c1cccc2ccccc12. The van der Waals surface area contributed by atoms with Gasteiger partial charge in [0.05, 0.1) is 16.2 Å². The number of carbonyl (C=O) groups excluding carboxylic acids is 2. The molecule has 0 radical (unpaired) electrons. The highest BCUT2D eigenvalue weighted by molar-refractivity contribution is 6.04. The van der Waals surface area contributed by atoms with Gasteiger partial charge in [-0.25, -0.2) is 4.79 Å². The first-order valence-corrected chi connectivity index (χ1v) is 12.3. The highest BCUT2D eigenvalue weighted by Gasteiger charge is 2.28.